The van der Waals surface area contributed by atoms with Crippen molar-refractivity contribution >= 4 is 39.7 Å². The maximum absolute atomic E-state index is 12.7. The lowest BCUT2D eigenvalue weighted by molar-refractivity contribution is -0.385. The molecule has 11 nitrogen and oxygen atoms in total. The number of benzene rings is 3. The first-order valence-electron chi connectivity index (χ1n) is 10.2. The highest BCUT2D eigenvalue weighted by Gasteiger charge is 2.16. The molecule has 1 N–H and O–H groups in total. The third-order valence-corrected chi connectivity index (χ3v) is 5.10. The van der Waals surface area contributed by atoms with E-state index in [4.69, 9.17) is 18.9 Å². The summed E-state index contributed by atoms with van der Waals surface area (Å²) < 4.78 is 21.8. The predicted octanol–water partition coefficient (Wildman–Crippen LogP) is 4.12. The van der Waals surface area contributed by atoms with Crippen molar-refractivity contribution in [1.29, 1.82) is 0 Å². The molecule has 0 unspecified atom stereocenters. The van der Waals surface area contributed by atoms with Gasteiger partial charge in [-0.15, -0.1) is 0 Å². The van der Waals surface area contributed by atoms with E-state index in [0.29, 0.717) is 21.5 Å². The van der Waals surface area contributed by atoms with Gasteiger partial charge in [-0.1, -0.05) is 28.1 Å². The second-order valence-electron chi connectivity index (χ2n) is 6.95. The second-order valence-corrected chi connectivity index (χ2v) is 7.86. The molecule has 1 amide bonds. The minimum absolute atomic E-state index is 0.0435. The van der Waals surface area contributed by atoms with Gasteiger partial charge in [-0.25, -0.2) is 10.2 Å². The molecule has 0 radical (unpaired) electrons. The molecule has 0 aromatic heterocycles. The average molecular weight is 558 g/mol. The molecule has 0 fully saturated rings. The molecule has 12 heteroatoms. The standard InChI is InChI=1S/C24H20BrN3O8/c1-33-21-9-7-15(12-22(21)34-2)24(30)36-19-10-8-17(25)11-16(19)13-26-27-23(29)14-35-20-6-4-3-5-18(20)28(31)32/h3-13H,14H2,1-2H3,(H,27,29). The fourth-order valence-electron chi connectivity index (χ4n) is 2.91. The van der Waals surface area contributed by atoms with E-state index in [9.17, 15) is 19.7 Å². The number of methoxy groups -OCH3 is 2. The number of rotatable bonds is 10. The highest BCUT2D eigenvalue weighted by Crippen LogP contribution is 2.29. The first-order chi connectivity index (χ1) is 17.3. The number of halogens is 1. The number of para-hydroxylation sites is 2. The van der Waals surface area contributed by atoms with Gasteiger partial charge < -0.3 is 18.9 Å². The van der Waals surface area contributed by atoms with E-state index in [1.807, 2.05) is 0 Å². The van der Waals surface area contributed by atoms with Crippen molar-refractivity contribution in [1.82, 2.24) is 5.43 Å². The number of hydrogen-bond donors (Lipinski definition) is 1. The first-order valence-corrected chi connectivity index (χ1v) is 11.0. The van der Waals surface area contributed by atoms with Gasteiger partial charge in [0, 0.05) is 16.1 Å². The smallest absolute Gasteiger partial charge is 0.343 e. The van der Waals surface area contributed by atoms with Gasteiger partial charge in [-0.05, 0) is 42.5 Å². The molecule has 0 atom stereocenters. The molecule has 3 aromatic rings. The molecule has 0 spiro atoms. The average Bonchev–Trinajstić information content (AvgIpc) is 2.88. The van der Waals surface area contributed by atoms with Crippen molar-refractivity contribution in [3.8, 4) is 23.0 Å². The quantitative estimate of drug-likeness (QED) is 0.129. The van der Waals surface area contributed by atoms with Crippen LogP contribution >= 0.6 is 15.9 Å². The summed E-state index contributed by atoms with van der Waals surface area (Å²) in [6.45, 7) is -0.498. The van der Waals surface area contributed by atoms with Gasteiger partial charge >= 0.3 is 11.7 Å². The van der Waals surface area contributed by atoms with Crippen LogP contribution in [0.1, 0.15) is 15.9 Å². The van der Waals surface area contributed by atoms with Gasteiger partial charge in [0.25, 0.3) is 5.91 Å². The molecule has 3 rings (SSSR count). The number of carbonyl (C=O) groups excluding carboxylic acids is 2. The van der Waals surface area contributed by atoms with Gasteiger partial charge in [0.05, 0.1) is 30.9 Å². The third-order valence-electron chi connectivity index (χ3n) is 4.61. The van der Waals surface area contributed by atoms with Crippen LogP contribution in [-0.2, 0) is 4.79 Å². The summed E-state index contributed by atoms with van der Waals surface area (Å²) in [7, 11) is 2.94. The Kier molecular flexibility index (Phi) is 8.95. The van der Waals surface area contributed by atoms with E-state index in [2.05, 4.69) is 26.5 Å². The Morgan fingerprint density at radius 1 is 1.00 bits per heavy atom. The van der Waals surface area contributed by atoms with Gasteiger partial charge in [0.1, 0.15) is 5.75 Å². The minimum Gasteiger partial charge on any atom is -0.493 e. The van der Waals surface area contributed by atoms with Crippen LogP contribution < -0.4 is 24.4 Å². The highest BCUT2D eigenvalue weighted by atomic mass is 79.9. The summed E-state index contributed by atoms with van der Waals surface area (Å²) in [5.74, 6) is -0.314. The molecule has 0 heterocycles. The molecule has 0 aliphatic rings. The van der Waals surface area contributed by atoms with Crippen molar-refractivity contribution < 1.29 is 33.5 Å². The number of carbonyl (C=O) groups is 2. The van der Waals surface area contributed by atoms with Crippen LogP contribution in [0.15, 0.2) is 70.2 Å². The molecule has 3 aromatic carbocycles. The summed E-state index contributed by atoms with van der Waals surface area (Å²) in [6.07, 6.45) is 1.28. The zero-order valence-electron chi connectivity index (χ0n) is 19.1. The van der Waals surface area contributed by atoms with Crippen LogP contribution in [0.2, 0.25) is 0 Å². The lowest BCUT2D eigenvalue weighted by Gasteiger charge is -2.11. The van der Waals surface area contributed by atoms with Gasteiger partial charge in [-0.3, -0.25) is 14.9 Å². The molecule has 0 aliphatic carbocycles. The summed E-state index contributed by atoms with van der Waals surface area (Å²) in [5.41, 5.74) is 2.62. The van der Waals surface area contributed by atoms with Gasteiger partial charge in [0.2, 0.25) is 0 Å². The van der Waals surface area contributed by atoms with Gasteiger partial charge in [-0.2, -0.15) is 5.10 Å². The van der Waals surface area contributed by atoms with E-state index < -0.39 is 23.4 Å². The Hall–Kier alpha value is -4.45. The zero-order valence-corrected chi connectivity index (χ0v) is 20.7. The Labute approximate surface area is 213 Å². The lowest BCUT2D eigenvalue weighted by atomic mass is 10.2. The fraction of sp³-hybridized carbons (Fsp3) is 0.125. The van der Waals surface area contributed by atoms with Crippen LogP contribution in [0.3, 0.4) is 0 Å². The summed E-state index contributed by atoms with van der Waals surface area (Å²) >= 11 is 3.34. The molecular formula is C24H20BrN3O8. The monoisotopic (exact) mass is 557 g/mol. The number of hydrogen-bond acceptors (Lipinski definition) is 9. The lowest BCUT2D eigenvalue weighted by Crippen LogP contribution is -2.24. The molecule has 0 saturated heterocycles. The highest BCUT2D eigenvalue weighted by molar-refractivity contribution is 9.10. The van der Waals surface area contributed by atoms with Crippen molar-refractivity contribution in [3.63, 3.8) is 0 Å². The Bertz CT molecular complexity index is 1310. The molecule has 0 aliphatic heterocycles. The van der Waals surface area contributed by atoms with Crippen molar-refractivity contribution in [2.24, 2.45) is 5.10 Å². The number of nitro benzene ring substituents is 1. The van der Waals surface area contributed by atoms with Crippen LogP contribution in [0.5, 0.6) is 23.0 Å². The second kappa shape index (κ2) is 12.3. The molecule has 36 heavy (non-hydrogen) atoms. The summed E-state index contributed by atoms with van der Waals surface area (Å²) in [5, 5.41) is 14.9. The maximum Gasteiger partial charge on any atom is 0.343 e. The van der Waals surface area contributed by atoms with Crippen LogP contribution in [0.25, 0.3) is 0 Å². The largest absolute Gasteiger partial charge is 0.493 e. The number of nitrogens with zero attached hydrogens (tertiary/aromatic N) is 2. The van der Waals surface area contributed by atoms with Crippen LogP contribution in [-0.4, -0.2) is 43.8 Å². The number of amides is 1. The van der Waals surface area contributed by atoms with Crippen molar-refractivity contribution in [3.05, 3.63) is 86.4 Å². The van der Waals surface area contributed by atoms with Crippen LogP contribution in [0.4, 0.5) is 5.69 Å². The van der Waals surface area contributed by atoms with E-state index in [-0.39, 0.29) is 22.7 Å². The Balaban J connectivity index is 1.66. The van der Waals surface area contributed by atoms with E-state index in [1.54, 1.807) is 30.3 Å². The number of nitrogens with one attached hydrogen (secondary N) is 1. The first kappa shape index (κ1) is 26.2. The number of hydrazone groups is 1. The minimum atomic E-state index is -0.650. The SMILES string of the molecule is COc1ccc(C(=O)Oc2ccc(Br)cc2C=NNC(=O)COc2ccccc2[N+](=O)[O-])cc1OC. The summed E-state index contributed by atoms with van der Waals surface area (Å²) in [4.78, 5) is 35.2. The number of ether oxygens (including phenoxy) is 4. The fourth-order valence-corrected chi connectivity index (χ4v) is 3.29. The molecule has 186 valence electrons. The third kappa shape index (κ3) is 6.79. The van der Waals surface area contributed by atoms with Crippen molar-refractivity contribution in [2.45, 2.75) is 0 Å². The molecular weight excluding hydrogens is 538 g/mol. The molecule has 0 saturated carbocycles. The van der Waals surface area contributed by atoms with Crippen LogP contribution in [0, 0.1) is 10.1 Å². The van der Waals surface area contributed by atoms with E-state index >= 15 is 0 Å². The molecule has 0 bridgehead atoms. The Morgan fingerprint density at radius 2 is 1.72 bits per heavy atom. The predicted molar refractivity (Wildman–Crippen MR) is 133 cm³/mol. The van der Waals surface area contributed by atoms with Crippen molar-refractivity contribution in [2.75, 3.05) is 20.8 Å². The number of nitro groups is 1. The normalized spacial score (nSPS) is 10.5. The number of esters is 1. The Morgan fingerprint density at radius 3 is 2.44 bits per heavy atom. The zero-order chi connectivity index (χ0) is 26.1. The summed E-state index contributed by atoms with van der Waals surface area (Å²) in [6, 6.07) is 15.2. The topological polar surface area (TPSA) is 139 Å². The van der Waals surface area contributed by atoms with Gasteiger partial charge in [0.15, 0.2) is 23.9 Å². The van der Waals surface area contributed by atoms with E-state index in [0.717, 1.165) is 0 Å². The maximum atomic E-state index is 12.7. The van der Waals surface area contributed by atoms with E-state index in [1.165, 1.54) is 50.8 Å².